The number of ether oxygens (including phenoxy) is 1. The fourth-order valence-electron chi connectivity index (χ4n) is 2.95. The molecule has 0 amide bonds. The summed E-state index contributed by atoms with van der Waals surface area (Å²) in [7, 11) is 0. The third-order valence-electron chi connectivity index (χ3n) is 4.10. The molecule has 1 aromatic carbocycles. The molecule has 1 aliphatic carbocycles. The first-order chi connectivity index (χ1) is 9.31. The molecule has 0 saturated heterocycles. The first-order valence-electron chi connectivity index (χ1n) is 7.76. The SMILES string of the molecule is CCNC(C)c1ccccc1OCC1CCCCC1. The molecule has 2 nitrogen and oxygen atoms in total. The lowest BCUT2D eigenvalue weighted by Gasteiger charge is -2.23. The highest BCUT2D eigenvalue weighted by Crippen LogP contribution is 2.28. The van der Waals surface area contributed by atoms with E-state index in [-0.39, 0.29) is 0 Å². The molecular formula is C17H27NO. The Morgan fingerprint density at radius 3 is 2.68 bits per heavy atom. The summed E-state index contributed by atoms with van der Waals surface area (Å²) >= 11 is 0. The molecule has 106 valence electrons. The van der Waals surface area contributed by atoms with E-state index in [1.54, 1.807) is 0 Å². The molecule has 0 heterocycles. The van der Waals surface area contributed by atoms with Gasteiger partial charge in [0.2, 0.25) is 0 Å². The fourth-order valence-corrected chi connectivity index (χ4v) is 2.95. The number of para-hydroxylation sites is 1. The zero-order valence-electron chi connectivity index (χ0n) is 12.3. The number of hydrogen-bond donors (Lipinski definition) is 1. The van der Waals surface area contributed by atoms with Crippen molar-refractivity contribution in [1.82, 2.24) is 5.32 Å². The minimum atomic E-state index is 0.354. The number of nitrogens with one attached hydrogen (secondary N) is 1. The van der Waals surface area contributed by atoms with Crippen molar-refractivity contribution in [3.8, 4) is 5.75 Å². The van der Waals surface area contributed by atoms with Crippen LogP contribution in [0.4, 0.5) is 0 Å². The average molecular weight is 261 g/mol. The van der Waals surface area contributed by atoms with E-state index in [9.17, 15) is 0 Å². The van der Waals surface area contributed by atoms with Crippen LogP contribution in [0.15, 0.2) is 24.3 Å². The Hall–Kier alpha value is -1.02. The molecule has 1 aromatic rings. The van der Waals surface area contributed by atoms with Gasteiger partial charge >= 0.3 is 0 Å². The maximum Gasteiger partial charge on any atom is 0.124 e. The van der Waals surface area contributed by atoms with Crippen LogP contribution in [0.1, 0.15) is 57.6 Å². The van der Waals surface area contributed by atoms with Crippen LogP contribution in [0.3, 0.4) is 0 Å². The van der Waals surface area contributed by atoms with Crippen LogP contribution >= 0.6 is 0 Å². The lowest BCUT2D eigenvalue weighted by Crippen LogP contribution is -2.20. The van der Waals surface area contributed by atoms with Gasteiger partial charge in [-0.1, -0.05) is 44.4 Å². The second kappa shape index (κ2) is 7.54. The molecule has 0 spiro atoms. The van der Waals surface area contributed by atoms with Gasteiger partial charge in [-0.2, -0.15) is 0 Å². The summed E-state index contributed by atoms with van der Waals surface area (Å²) in [6.07, 6.45) is 6.84. The molecule has 0 aliphatic heterocycles. The van der Waals surface area contributed by atoms with Crippen molar-refractivity contribution in [2.75, 3.05) is 13.2 Å². The van der Waals surface area contributed by atoms with Crippen molar-refractivity contribution in [2.24, 2.45) is 5.92 Å². The van der Waals surface area contributed by atoms with Crippen LogP contribution in [0.2, 0.25) is 0 Å². The Balaban J connectivity index is 1.94. The summed E-state index contributed by atoms with van der Waals surface area (Å²) in [6.45, 7) is 6.21. The van der Waals surface area contributed by atoms with E-state index in [0.29, 0.717) is 6.04 Å². The number of hydrogen-bond acceptors (Lipinski definition) is 2. The number of benzene rings is 1. The maximum atomic E-state index is 6.10. The Morgan fingerprint density at radius 1 is 1.21 bits per heavy atom. The largest absolute Gasteiger partial charge is 0.493 e. The second-order valence-electron chi connectivity index (χ2n) is 5.63. The van der Waals surface area contributed by atoms with Crippen LogP contribution in [0.25, 0.3) is 0 Å². The first kappa shape index (κ1) is 14.4. The van der Waals surface area contributed by atoms with Crippen molar-refractivity contribution in [3.05, 3.63) is 29.8 Å². The van der Waals surface area contributed by atoms with E-state index in [4.69, 9.17) is 4.74 Å². The zero-order chi connectivity index (χ0) is 13.5. The minimum Gasteiger partial charge on any atom is -0.493 e. The van der Waals surface area contributed by atoms with E-state index < -0.39 is 0 Å². The van der Waals surface area contributed by atoms with Gasteiger partial charge < -0.3 is 10.1 Å². The highest BCUT2D eigenvalue weighted by Gasteiger charge is 2.16. The van der Waals surface area contributed by atoms with Crippen molar-refractivity contribution < 1.29 is 4.74 Å². The molecule has 1 saturated carbocycles. The molecule has 19 heavy (non-hydrogen) atoms. The number of rotatable bonds is 6. The predicted molar refractivity (Wildman–Crippen MR) is 80.6 cm³/mol. The van der Waals surface area contributed by atoms with Gasteiger partial charge in [-0.25, -0.2) is 0 Å². The van der Waals surface area contributed by atoms with Crippen LogP contribution in [0, 0.1) is 5.92 Å². The van der Waals surface area contributed by atoms with E-state index >= 15 is 0 Å². The monoisotopic (exact) mass is 261 g/mol. The zero-order valence-corrected chi connectivity index (χ0v) is 12.3. The van der Waals surface area contributed by atoms with Gasteiger partial charge in [-0.15, -0.1) is 0 Å². The van der Waals surface area contributed by atoms with E-state index in [2.05, 4.69) is 43.4 Å². The molecule has 1 unspecified atom stereocenters. The normalized spacial score (nSPS) is 18.2. The average Bonchev–Trinajstić information content (AvgIpc) is 2.47. The highest BCUT2D eigenvalue weighted by molar-refractivity contribution is 5.35. The Labute approximate surface area is 117 Å². The summed E-state index contributed by atoms with van der Waals surface area (Å²) < 4.78 is 6.10. The van der Waals surface area contributed by atoms with Crippen LogP contribution in [-0.2, 0) is 0 Å². The molecule has 1 aliphatic rings. The van der Waals surface area contributed by atoms with Gasteiger partial charge in [0.1, 0.15) is 5.75 Å². The third kappa shape index (κ3) is 4.24. The van der Waals surface area contributed by atoms with Gasteiger partial charge in [0, 0.05) is 11.6 Å². The fraction of sp³-hybridized carbons (Fsp3) is 0.647. The van der Waals surface area contributed by atoms with Gasteiger partial charge in [0.25, 0.3) is 0 Å². The van der Waals surface area contributed by atoms with Crippen molar-refractivity contribution in [2.45, 2.75) is 52.0 Å². The lowest BCUT2D eigenvalue weighted by atomic mass is 9.90. The summed E-state index contributed by atoms with van der Waals surface area (Å²) in [4.78, 5) is 0. The van der Waals surface area contributed by atoms with Gasteiger partial charge in [0.15, 0.2) is 0 Å². The Kier molecular flexibility index (Phi) is 5.71. The molecule has 0 aromatic heterocycles. The molecule has 1 N–H and O–H groups in total. The van der Waals surface area contributed by atoms with Gasteiger partial charge in [-0.3, -0.25) is 0 Å². The predicted octanol–water partition coefficient (Wildman–Crippen LogP) is 4.32. The van der Waals surface area contributed by atoms with Crippen LogP contribution in [0.5, 0.6) is 5.75 Å². The standard InChI is InChI=1S/C17H27NO/c1-3-18-14(2)16-11-7-8-12-17(16)19-13-15-9-5-4-6-10-15/h7-8,11-12,14-15,18H,3-6,9-10,13H2,1-2H3. The van der Waals surface area contributed by atoms with Crippen molar-refractivity contribution >= 4 is 0 Å². The summed E-state index contributed by atoms with van der Waals surface area (Å²) in [6, 6.07) is 8.79. The molecule has 1 fully saturated rings. The smallest absolute Gasteiger partial charge is 0.124 e. The molecule has 0 bridgehead atoms. The highest BCUT2D eigenvalue weighted by atomic mass is 16.5. The molecule has 2 heteroatoms. The van der Waals surface area contributed by atoms with Crippen LogP contribution in [-0.4, -0.2) is 13.2 Å². The molecule has 0 radical (unpaired) electrons. The second-order valence-corrected chi connectivity index (χ2v) is 5.63. The topological polar surface area (TPSA) is 21.3 Å². The summed E-state index contributed by atoms with van der Waals surface area (Å²) in [5.41, 5.74) is 1.28. The van der Waals surface area contributed by atoms with Crippen molar-refractivity contribution in [1.29, 1.82) is 0 Å². The summed E-state index contributed by atoms with van der Waals surface area (Å²) in [5.74, 6) is 1.82. The first-order valence-corrected chi connectivity index (χ1v) is 7.76. The van der Waals surface area contributed by atoms with Gasteiger partial charge in [0.05, 0.1) is 6.61 Å². The van der Waals surface area contributed by atoms with E-state index in [1.807, 2.05) is 0 Å². The molecule has 1 atom stereocenters. The summed E-state index contributed by atoms with van der Waals surface area (Å²) in [5, 5.41) is 3.46. The van der Waals surface area contributed by atoms with E-state index in [0.717, 1.165) is 24.8 Å². The third-order valence-corrected chi connectivity index (χ3v) is 4.10. The maximum absolute atomic E-state index is 6.10. The quantitative estimate of drug-likeness (QED) is 0.823. The molecule has 2 rings (SSSR count). The van der Waals surface area contributed by atoms with Crippen LogP contribution < -0.4 is 10.1 Å². The molecular weight excluding hydrogens is 234 g/mol. The Bertz CT molecular complexity index is 371. The van der Waals surface area contributed by atoms with Crippen molar-refractivity contribution in [3.63, 3.8) is 0 Å². The lowest BCUT2D eigenvalue weighted by molar-refractivity contribution is 0.206. The van der Waals surface area contributed by atoms with Gasteiger partial charge in [-0.05, 0) is 38.3 Å². The minimum absolute atomic E-state index is 0.354. The Morgan fingerprint density at radius 2 is 1.95 bits per heavy atom. The van der Waals surface area contributed by atoms with E-state index in [1.165, 1.54) is 37.7 Å².